The summed E-state index contributed by atoms with van der Waals surface area (Å²) in [4.78, 5) is 18.6. The first-order chi connectivity index (χ1) is 9.97. The van der Waals surface area contributed by atoms with E-state index in [4.69, 9.17) is 5.73 Å². The molecule has 0 unspecified atom stereocenters. The maximum Gasteiger partial charge on any atom is 0.161 e. The van der Waals surface area contributed by atoms with Crippen molar-refractivity contribution in [3.63, 3.8) is 0 Å². The highest BCUT2D eigenvalue weighted by molar-refractivity contribution is 6.00. The van der Waals surface area contributed by atoms with E-state index in [1.54, 1.807) is 6.92 Å². The van der Waals surface area contributed by atoms with E-state index in [9.17, 15) is 4.79 Å². The number of carbonyl (C=O) groups is 1. The summed E-state index contributed by atoms with van der Waals surface area (Å²) in [5, 5.41) is 0. The Hall–Kier alpha value is -1.59. The van der Waals surface area contributed by atoms with Crippen LogP contribution in [-0.4, -0.2) is 68.9 Å². The molecule has 1 fully saturated rings. The predicted molar refractivity (Wildman–Crippen MR) is 88.1 cm³/mol. The number of benzene rings is 1. The topological polar surface area (TPSA) is 52.8 Å². The van der Waals surface area contributed by atoms with E-state index in [2.05, 4.69) is 28.8 Å². The summed E-state index contributed by atoms with van der Waals surface area (Å²) < 4.78 is 0. The minimum Gasteiger partial charge on any atom is -0.398 e. The Morgan fingerprint density at radius 1 is 1.24 bits per heavy atom. The normalized spacial score (nSPS) is 16.5. The third-order valence-electron chi connectivity index (χ3n) is 4.02. The molecule has 0 saturated carbocycles. The van der Waals surface area contributed by atoms with Crippen molar-refractivity contribution in [3.8, 4) is 0 Å². The second-order valence-corrected chi connectivity index (χ2v) is 5.96. The molecule has 0 aromatic heterocycles. The molecular formula is C16H26N4O. The fourth-order valence-electron chi connectivity index (χ4n) is 2.62. The van der Waals surface area contributed by atoms with Crippen LogP contribution in [0.1, 0.15) is 17.3 Å². The Kier molecular flexibility index (Phi) is 5.20. The fourth-order valence-corrected chi connectivity index (χ4v) is 2.62. The summed E-state index contributed by atoms with van der Waals surface area (Å²) in [6.45, 7) is 7.89. The monoisotopic (exact) mass is 290 g/mol. The van der Waals surface area contributed by atoms with Crippen molar-refractivity contribution in [1.29, 1.82) is 0 Å². The van der Waals surface area contributed by atoms with Crippen LogP contribution >= 0.6 is 0 Å². The van der Waals surface area contributed by atoms with Gasteiger partial charge in [0.25, 0.3) is 0 Å². The van der Waals surface area contributed by atoms with E-state index in [1.807, 2.05) is 18.2 Å². The highest BCUT2D eigenvalue weighted by Crippen LogP contribution is 2.22. The highest BCUT2D eigenvalue weighted by atomic mass is 16.1. The van der Waals surface area contributed by atoms with E-state index in [0.717, 1.165) is 45.0 Å². The van der Waals surface area contributed by atoms with Gasteiger partial charge in [0.1, 0.15) is 0 Å². The second kappa shape index (κ2) is 6.91. The van der Waals surface area contributed by atoms with Crippen LogP contribution in [0.25, 0.3) is 0 Å². The maximum atomic E-state index is 11.6. The van der Waals surface area contributed by atoms with Crippen molar-refractivity contribution in [1.82, 2.24) is 9.80 Å². The molecule has 0 spiro atoms. The number of Topliss-reactive ketones (excluding diaryl/α,β-unsaturated/α-hetero) is 1. The Morgan fingerprint density at radius 2 is 1.90 bits per heavy atom. The average molecular weight is 290 g/mol. The first-order valence-electron chi connectivity index (χ1n) is 7.50. The van der Waals surface area contributed by atoms with E-state index in [-0.39, 0.29) is 5.78 Å². The van der Waals surface area contributed by atoms with Crippen molar-refractivity contribution in [2.24, 2.45) is 0 Å². The van der Waals surface area contributed by atoms with Crippen molar-refractivity contribution in [2.45, 2.75) is 6.92 Å². The second-order valence-electron chi connectivity index (χ2n) is 5.96. The van der Waals surface area contributed by atoms with Gasteiger partial charge in [-0.15, -0.1) is 0 Å². The van der Waals surface area contributed by atoms with Crippen molar-refractivity contribution >= 4 is 17.2 Å². The molecule has 5 nitrogen and oxygen atoms in total. The van der Waals surface area contributed by atoms with Crippen LogP contribution in [-0.2, 0) is 0 Å². The average Bonchev–Trinajstić information content (AvgIpc) is 2.46. The smallest absolute Gasteiger partial charge is 0.161 e. The standard InChI is InChI=1S/C16H26N4O/c1-13(21)15-12-14(4-5-16(15)17)20-10-8-19(9-11-20)7-6-18(2)3/h4-5,12H,6-11,17H2,1-3H3. The van der Waals surface area contributed by atoms with Gasteiger partial charge in [-0.1, -0.05) is 0 Å². The van der Waals surface area contributed by atoms with Crippen LogP contribution in [0.5, 0.6) is 0 Å². The third-order valence-corrected chi connectivity index (χ3v) is 4.02. The van der Waals surface area contributed by atoms with Crippen LogP contribution in [0, 0.1) is 0 Å². The number of nitrogens with two attached hydrogens (primary N) is 1. The molecule has 2 N–H and O–H groups in total. The highest BCUT2D eigenvalue weighted by Gasteiger charge is 2.18. The van der Waals surface area contributed by atoms with Gasteiger partial charge in [0.05, 0.1) is 0 Å². The van der Waals surface area contributed by atoms with Crippen LogP contribution in [0.15, 0.2) is 18.2 Å². The number of ketones is 1. The minimum atomic E-state index is 0.0268. The van der Waals surface area contributed by atoms with E-state index in [0.29, 0.717) is 11.3 Å². The fraction of sp³-hybridized carbons (Fsp3) is 0.562. The number of rotatable bonds is 5. The van der Waals surface area contributed by atoms with Gasteiger partial charge in [-0.2, -0.15) is 0 Å². The van der Waals surface area contributed by atoms with Gasteiger partial charge in [0.15, 0.2) is 5.78 Å². The van der Waals surface area contributed by atoms with E-state index in [1.165, 1.54) is 0 Å². The predicted octanol–water partition coefficient (Wildman–Crippen LogP) is 1.15. The Labute approximate surface area is 127 Å². The number of carbonyl (C=O) groups excluding carboxylic acids is 1. The van der Waals surface area contributed by atoms with Crippen LogP contribution in [0.2, 0.25) is 0 Å². The van der Waals surface area contributed by atoms with Crippen molar-refractivity contribution in [2.75, 3.05) is 64.0 Å². The summed E-state index contributed by atoms with van der Waals surface area (Å²) in [7, 11) is 4.21. The molecule has 2 rings (SSSR count). The summed E-state index contributed by atoms with van der Waals surface area (Å²) in [5.41, 5.74) is 8.15. The largest absolute Gasteiger partial charge is 0.398 e. The van der Waals surface area contributed by atoms with Crippen LogP contribution < -0.4 is 10.6 Å². The van der Waals surface area contributed by atoms with Crippen LogP contribution in [0.3, 0.4) is 0 Å². The molecule has 1 aliphatic rings. The SMILES string of the molecule is CC(=O)c1cc(N2CCN(CCN(C)C)CC2)ccc1N. The molecule has 0 atom stereocenters. The summed E-state index contributed by atoms with van der Waals surface area (Å²) in [6.07, 6.45) is 0. The van der Waals surface area contributed by atoms with Gasteiger partial charge in [-0.3, -0.25) is 9.69 Å². The number of hydrogen-bond donors (Lipinski definition) is 1. The molecule has 1 aliphatic heterocycles. The molecule has 0 aliphatic carbocycles. The van der Waals surface area contributed by atoms with Gasteiger partial charge >= 0.3 is 0 Å². The lowest BCUT2D eigenvalue weighted by atomic mass is 10.1. The summed E-state index contributed by atoms with van der Waals surface area (Å²) in [5.74, 6) is 0.0268. The summed E-state index contributed by atoms with van der Waals surface area (Å²) >= 11 is 0. The Morgan fingerprint density at radius 3 is 2.48 bits per heavy atom. The van der Waals surface area contributed by atoms with Crippen molar-refractivity contribution < 1.29 is 4.79 Å². The number of nitrogens with zero attached hydrogens (tertiary/aromatic N) is 3. The molecule has 0 amide bonds. The number of likely N-dealkylation sites (N-methyl/N-ethyl adjacent to an activating group) is 1. The zero-order valence-electron chi connectivity index (χ0n) is 13.3. The molecule has 21 heavy (non-hydrogen) atoms. The minimum absolute atomic E-state index is 0.0268. The van der Waals surface area contributed by atoms with Gasteiger partial charge in [0.2, 0.25) is 0 Å². The molecule has 0 bridgehead atoms. The lowest BCUT2D eigenvalue weighted by molar-refractivity contribution is 0.101. The first kappa shape index (κ1) is 15.8. The van der Waals surface area contributed by atoms with Crippen LogP contribution in [0.4, 0.5) is 11.4 Å². The summed E-state index contributed by atoms with van der Waals surface area (Å²) in [6, 6.07) is 5.77. The lowest BCUT2D eigenvalue weighted by Gasteiger charge is -2.36. The van der Waals surface area contributed by atoms with Gasteiger partial charge < -0.3 is 15.5 Å². The molecule has 5 heteroatoms. The van der Waals surface area contributed by atoms with Gasteiger partial charge in [-0.05, 0) is 39.2 Å². The lowest BCUT2D eigenvalue weighted by Crippen LogP contribution is -2.48. The molecule has 1 aromatic rings. The third kappa shape index (κ3) is 4.19. The molecular weight excluding hydrogens is 264 g/mol. The van der Waals surface area contributed by atoms with Gasteiger partial charge in [0, 0.05) is 56.2 Å². The zero-order chi connectivity index (χ0) is 15.4. The van der Waals surface area contributed by atoms with E-state index < -0.39 is 0 Å². The van der Waals surface area contributed by atoms with Crippen molar-refractivity contribution in [3.05, 3.63) is 23.8 Å². The molecule has 1 aromatic carbocycles. The molecule has 116 valence electrons. The number of piperazine rings is 1. The maximum absolute atomic E-state index is 11.6. The number of anilines is 2. The zero-order valence-corrected chi connectivity index (χ0v) is 13.3. The molecule has 0 radical (unpaired) electrons. The Balaban J connectivity index is 1.96. The van der Waals surface area contributed by atoms with E-state index >= 15 is 0 Å². The molecule has 1 saturated heterocycles. The first-order valence-corrected chi connectivity index (χ1v) is 7.50. The number of hydrogen-bond acceptors (Lipinski definition) is 5. The van der Waals surface area contributed by atoms with Gasteiger partial charge in [-0.25, -0.2) is 0 Å². The quantitative estimate of drug-likeness (QED) is 0.651. The Bertz CT molecular complexity index is 493. The molecule has 1 heterocycles. The number of nitrogen functional groups attached to an aromatic ring is 1.